The molecule has 0 saturated carbocycles. The molecular formula is C15H15Cl2N5O4. The number of aryl methyl sites for hydroxylation is 1. The number of carbonyl (C=O) groups is 1. The predicted octanol–water partition coefficient (Wildman–Crippen LogP) is 3.22. The standard InChI is InChI=1S/C15H15Cl2N5O4/c1-3-12(21-8(2)6-13(19-21)22(24)25)15(23)26-20-14(18)10-5-4-9(16)7-11(10)17/h4-7,12H,3H2,1-2H3,(H2,18,20). The van der Waals surface area contributed by atoms with Crippen molar-refractivity contribution < 1.29 is 14.6 Å². The van der Waals surface area contributed by atoms with Crippen molar-refractivity contribution in [3.8, 4) is 0 Å². The summed E-state index contributed by atoms with van der Waals surface area (Å²) in [6.45, 7) is 3.31. The molecular weight excluding hydrogens is 385 g/mol. The largest absolute Gasteiger partial charge is 0.390 e. The second-order valence-electron chi connectivity index (χ2n) is 5.28. The maximum absolute atomic E-state index is 12.3. The van der Waals surface area contributed by atoms with Gasteiger partial charge in [0.15, 0.2) is 11.9 Å². The van der Waals surface area contributed by atoms with Crippen molar-refractivity contribution in [2.24, 2.45) is 10.9 Å². The molecule has 2 aromatic rings. The molecule has 0 saturated heterocycles. The Hall–Kier alpha value is -2.65. The highest BCUT2D eigenvalue weighted by atomic mass is 35.5. The number of rotatable bonds is 6. The fourth-order valence-electron chi connectivity index (χ4n) is 2.22. The van der Waals surface area contributed by atoms with Crippen LogP contribution in [0.15, 0.2) is 29.4 Å². The number of nitrogens with zero attached hydrogens (tertiary/aromatic N) is 4. The normalized spacial score (nSPS) is 12.7. The first-order chi connectivity index (χ1) is 12.2. The number of hydrogen-bond donors (Lipinski definition) is 1. The van der Waals surface area contributed by atoms with Gasteiger partial charge in [0.2, 0.25) is 0 Å². The molecule has 0 aliphatic heterocycles. The molecule has 1 aromatic heterocycles. The summed E-state index contributed by atoms with van der Waals surface area (Å²) in [5.41, 5.74) is 6.57. The summed E-state index contributed by atoms with van der Waals surface area (Å²) < 4.78 is 1.22. The van der Waals surface area contributed by atoms with Crippen LogP contribution in [0.5, 0.6) is 0 Å². The molecule has 1 aromatic carbocycles. The number of oxime groups is 1. The summed E-state index contributed by atoms with van der Waals surface area (Å²) in [5, 5.41) is 18.9. The SMILES string of the molecule is CCC(C(=O)O/N=C(\N)c1ccc(Cl)cc1Cl)n1nc([N+](=O)[O-])cc1C. The van der Waals surface area contributed by atoms with E-state index in [1.807, 2.05) is 0 Å². The molecule has 1 atom stereocenters. The monoisotopic (exact) mass is 399 g/mol. The number of benzene rings is 1. The van der Waals surface area contributed by atoms with E-state index >= 15 is 0 Å². The lowest BCUT2D eigenvalue weighted by Crippen LogP contribution is -2.23. The zero-order valence-corrected chi connectivity index (χ0v) is 15.4. The molecule has 1 heterocycles. The first-order valence-electron chi connectivity index (χ1n) is 7.44. The Morgan fingerprint density at radius 1 is 1.46 bits per heavy atom. The Morgan fingerprint density at radius 2 is 2.15 bits per heavy atom. The number of nitrogens with two attached hydrogens (primary N) is 1. The molecule has 2 rings (SSSR count). The van der Waals surface area contributed by atoms with Gasteiger partial charge in [0, 0.05) is 10.6 Å². The highest BCUT2D eigenvalue weighted by Gasteiger charge is 2.28. The van der Waals surface area contributed by atoms with E-state index in [2.05, 4.69) is 10.3 Å². The van der Waals surface area contributed by atoms with Crippen molar-refractivity contribution in [3.63, 3.8) is 0 Å². The van der Waals surface area contributed by atoms with Gasteiger partial charge in [-0.15, -0.1) is 0 Å². The third kappa shape index (κ3) is 4.30. The van der Waals surface area contributed by atoms with Crippen molar-refractivity contribution >= 4 is 40.8 Å². The van der Waals surface area contributed by atoms with E-state index in [1.54, 1.807) is 19.9 Å². The predicted molar refractivity (Wildman–Crippen MR) is 96.2 cm³/mol. The van der Waals surface area contributed by atoms with Gasteiger partial charge in [-0.1, -0.05) is 35.3 Å². The Kier molecular flexibility index (Phi) is 6.17. The fraction of sp³-hybridized carbons (Fsp3) is 0.267. The molecule has 0 radical (unpaired) electrons. The molecule has 9 nitrogen and oxygen atoms in total. The topological polar surface area (TPSA) is 126 Å². The van der Waals surface area contributed by atoms with Gasteiger partial charge < -0.3 is 20.7 Å². The summed E-state index contributed by atoms with van der Waals surface area (Å²) in [4.78, 5) is 27.4. The Labute approximate surface area is 158 Å². The maximum Gasteiger partial charge on any atom is 0.390 e. The Morgan fingerprint density at radius 3 is 2.69 bits per heavy atom. The van der Waals surface area contributed by atoms with E-state index in [9.17, 15) is 14.9 Å². The highest BCUT2D eigenvalue weighted by Crippen LogP contribution is 2.22. The molecule has 26 heavy (non-hydrogen) atoms. The number of halogens is 2. The first kappa shape index (κ1) is 19.7. The van der Waals surface area contributed by atoms with E-state index in [0.717, 1.165) is 0 Å². The van der Waals surface area contributed by atoms with Gasteiger partial charge in [-0.3, -0.25) is 0 Å². The molecule has 138 valence electrons. The minimum absolute atomic E-state index is 0.113. The smallest absolute Gasteiger partial charge is 0.380 e. The van der Waals surface area contributed by atoms with Crippen LogP contribution in [0.25, 0.3) is 0 Å². The highest BCUT2D eigenvalue weighted by molar-refractivity contribution is 6.36. The van der Waals surface area contributed by atoms with Crippen LogP contribution in [0.1, 0.15) is 30.6 Å². The molecule has 0 aliphatic carbocycles. The van der Waals surface area contributed by atoms with Crippen LogP contribution >= 0.6 is 23.2 Å². The lowest BCUT2D eigenvalue weighted by molar-refractivity contribution is -0.389. The van der Waals surface area contributed by atoms with Crippen molar-refractivity contribution in [1.82, 2.24) is 9.78 Å². The van der Waals surface area contributed by atoms with Gasteiger partial charge in [0.25, 0.3) is 0 Å². The maximum atomic E-state index is 12.3. The van der Waals surface area contributed by atoms with Crippen LogP contribution in [0.4, 0.5) is 5.82 Å². The molecule has 0 aliphatic rings. The lowest BCUT2D eigenvalue weighted by atomic mass is 10.2. The van der Waals surface area contributed by atoms with Crippen LogP contribution in [0, 0.1) is 17.0 Å². The molecule has 0 spiro atoms. The van der Waals surface area contributed by atoms with Gasteiger partial charge in [-0.2, -0.15) is 4.68 Å². The van der Waals surface area contributed by atoms with Crippen LogP contribution in [0.3, 0.4) is 0 Å². The first-order valence-corrected chi connectivity index (χ1v) is 8.20. The average Bonchev–Trinajstić information content (AvgIpc) is 2.95. The van der Waals surface area contributed by atoms with Crippen LogP contribution in [-0.2, 0) is 9.63 Å². The summed E-state index contributed by atoms with van der Waals surface area (Å²) in [7, 11) is 0. The van der Waals surface area contributed by atoms with E-state index < -0.39 is 16.9 Å². The quantitative estimate of drug-likeness (QED) is 0.261. The van der Waals surface area contributed by atoms with Gasteiger partial charge >= 0.3 is 11.8 Å². The fourth-order valence-corrected chi connectivity index (χ4v) is 2.72. The Balaban J connectivity index is 2.20. The van der Waals surface area contributed by atoms with E-state index in [1.165, 1.54) is 22.9 Å². The molecule has 11 heteroatoms. The summed E-state index contributed by atoms with van der Waals surface area (Å²) in [5.74, 6) is -1.23. The zero-order valence-electron chi connectivity index (χ0n) is 13.8. The van der Waals surface area contributed by atoms with Crippen molar-refractivity contribution in [2.45, 2.75) is 26.3 Å². The molecule has 2 N–H and O–H groups in total. The number of nitro groups is 1. The summed E-state index contributed by atoms with van der Waals surface area (Å²) >= 11 is 11.8. The van der Waals surface area contributed by atoms with Gasteiger partial charge in [0.05, 0.1) is 21.9 Å². The summed E-state index contributed by atoms with van der Waals surface area (Å²) in [6, 6.07) is 4.95. The molecule has 0 bridgehead atoms. The second-order valence-corrected chi connectivity index (χ2v) is 6.12. The molecule has 0 fully saturated rings. The van der Waals surface area contributed by atoms with Crippen LogP contribution in [-0.4, -0.2) is 26.5 Å². The third-order valence-electron chi connectivity index (χ3n) is 3.49. The number of carbonyl (C=O) groups excluding carboxylic acids is 1. The van der Waals surface area contributed by atoms with Crippen LogP contribution in [0.2, 0.25) is 10.0 Å². The third-order valence-corrected chi connectivity index (χ3v) is 4.04. The minimum Gasteiger partial charge on any atom is -0.380 e. The van der Waals surface area contributed by atoms with Crippen molar-refractivity contribution in [1.29, 1.82) is 0 Å². The number of amidine groups is 1. The molecule has 0 amide bonds. The second kappa shape index (κ2) is 8.15. The van der Waals surface area contributed by atoms with Gasteiger partial charge in [-0.05, 0) is 36.5 Å². The van der Waals surface area contributed by atoms with Crippen LogP contribution < -0.4 is 5.73 Å². The average molecular weight is 400 g/mol. The lowest BCUT2D eigenvalue weighted by Gasteiger charge is -2.11. The van der Waals surface area contributed by atoms with E-state index in [0.29, 0.717) is 16.3 Å². The van der Waals surface area contributed by atoms with E-state index in [-0.39, 0.29) is 23.1 Å². The molecule has 1 unspecified atom stereocenters. The van der Waals surface area contributed by atoms with Gasteiger partial charge in [0.1, 0.15) is 0 Å². The minimum atomic E-state index is -0.888. The summed E-state index contributed by atoms with van der Waals surface area (Å²) in [6.07, 6.45) is 0.287. The van der Waals surface area contributed by atoms with Crippen molar-refractivity contribution in [2.75, 3.05) is 0 Å². The van der Waals surface area contributed by atoms with Crippen molar-refractivity contribution in [3.05, 3.63) is 55.7 Å². The Bertz CT molecular complexity index is 881. The number of aromatic nitrogens is 2. The van der Waals surface area contributed by atoms with E-state index in [4.69, 9.17) is 33.8 Å². The zero-order chi connectivity index (χ0) is 19.4. The van der Waals surface area contributed by atoms with Gasteiger partial charge in [-0.25, -0.2) is 4.79 Å². The number of hydrogen-bond acceptors (Lipinski definition) is 6.